The Hall–Kier alpha value is -2.41. The highest BCUT2D eigenvalue weighted by atomic mass is 32.1. The summed E-state index contributed by atoms with van der Waals surface area (Å²) in [5.74, 6) is 0.922. The predicted octanol–water partition coefficient (Wildman–Crippen LogP) is 3.32. The summed E-state index contributed by atoms with van der Waals surface area (Å²) in [4.78, 5) is 15.4. The second-order valence-corrected chi connectivity index (χ2v) is 8.06. The fraction of sp³-hybridized carbons (Fsp3) is 0.389. The minimum atomic E-state index is -0.143. The number of nitrogens with one attached hydrogen (secondary N) is 2. The molecular formula is C18H20N4O2S. The number of fused-ring (bicyclic) bond motifs is 1. The van der Waals surface area contributed by atoms with E-state index in [0.717, 1.165) is 45.2 Å². The van der Waals surface area contributed by atoms with Crippen LogP contribution in [0.2, 0.25) is 0 Å². The minimum Gasteiger partial charge on any atom is -0.486 e. The molecular weight excluding hydrogens is 336 g/mol. The van der Waals surface area contributed by atoms with Crippen molar-refractivity contribution in [3.8, 4) is 5.75 Å². The molecule has 1 aliphatic rings. The Bertz CT molecular complexity index is 926. The number of aryl methyl sites for hydroxylation is 1. The number of aromatic nitrogens is 3. The first-order valence-electron chi connectivity index (χ1n) is 8.34. The number of hydrogen-bond acceptors (Lipinski definition) is 5. The zero-order chi connectivity index (χ0) is 17.4. The molecule has 2 N–H and O–H groups in total. The lowest BCUT2D eigenvalue weighted by Crippen LogP contribution is -2.29. The van der Waals surface area contributed by atoms with E-state index in [0.29, 0.717) is 13.2 Å². The van der Waals surface area contributed by atoms with Gasteiger partial charge >= 0.3 is 0 Å². The second-order valence-electron chi connectivity index (χ2n) is 6.79. The zero-order valence-corrected chi connectivity index (χ0v) is 15.1. The number of benzene rings is 1. The van der Waals surface area contributed by atoms with Gasteiger partial charge in [-0.15, -0.1) is 10.2 Å². The Labute approximate surface area is 149 Å². The fourth-order valence-corrected chi connectivity index (χ4v) is 3.32. The maximum atomic E-state index is 12.0. The smallest absolute Gasteiger partial charge is 0.226 e. The van der Waals surface area contributed by atoms with Crippen LogP contribution in [0.3, 0.4) is 0 Å². The van der Waals surface area contributed by atoms with Gasteiger partial charge in [0.25, 0.3) is 0 Å². The largest absolute Gasteiger partial charge is 0.486 e. The lowest BCUT2D eigenvalue weighted by molar-refractivity contribution is -0.125. The second kappa shape index (κ2) is 6.15. The Balaban J connectivity index is 1.41. The van der Waals surface area contributed by atoms with Crippen LogP contribution in [-0.4, -0.2) is 21.1 Å². The van der Waals surface area contributed by atoms with Crippen molar-refractivity contribution < 1.29 is 9.53 Å². The zero-order valence-electron chi connectivity index (χ0n) is 14.3. The van der Waals surface area contributed by atoms with E-state index in [-0.39, 0.29) is 11.3 Å². The van der Waals surface area contributed by atoms with Gasteiger partial charge in [-0.3, -0.25) is 4.79 Å². The molecule has 3 aromatic rings. The number of aromatic amines is 1. The van der Waals surface area contributed by atoms with E-state index in [4.69, 9.17) is 4.74 Å². The molecule has 1 aliphatic carbocycles. The number of carbonyl (C=O) groups excluding carboxylic acids is 1. The molecule has 0 saturated heterocycles. The van der Waals surface area contributed by atoms with E-state index < -0.39 is 0 Å². The molecule has 2 heterocycles. The molecule has 0 aliphatic heterocycles. The Morgan fingerprint density at radius 2 is 2.20 bits per heavy atom. The molecule has 0 unspecified atom stereocenters. The molecule has 1 amide bonds. The van der Waals surface area contributed by atoms with E-state index in [9.17, 15) is 4.79 Å². The van der Waals surface area contributed by atoms with E-state index in [1.165, 1.54) is 11.3 Å². The van der Waals surface area contributed by atoms with E-state index in [2.05, 4.69) is 26.6 Å². The van der Waals surface area contributed by atoms with Crippen molar-refractivity contribution in [3.63, 3.8) is 0 Å². The SMILES string of the molecule is Cc1nnc(COc2ccc3cc(CNC(=O)C4(C)CC4)[nH]c3c2)s1. The number of nitrogens with zero attached hydrogens (tertiary/aromatic N) is 2. The molecule has 1 saturated carbocycles. The van der Waals surface area contributed by atoms with Crippen LogP contribution in [0, 0.1) is 12.3 Å². The number of amides is 1. The van der Waals surface area contributed by atoms with Crippen LogP contribution in [0.5, 0.6) is 5.75 Å². The van der Waals surface area contributed by atoms with Crippen molar-refractivity contribution in [2.24, 2.45) is 5.41 Å². The first-order chi connectivity index (χ1) is 12.0. The monoisotopic (exact) mass is 356 g/mol. The van der Waals surface area contributed by atoms with Gasteiger partial charge in [0, 0.05) is 22.7 Å². The standard InChI is InChI=1S/C18H20N4O2S/c1-11-21-22-16(25-11)10-24-14-4-3-12-7-13(20-15(12)8-14)9-19-17(23)18(2)5-6-18/h3-4,7-8,20H,5-6,9-10H2,1-2H3,(H,19,23). The van der Waals surface area contributed by atoms with E-state index in [1.54, 1.807) is 0 Å². The summed E-state index contributed by atoms with van der Waals surface area (Å²) >= 11 is 1.54. The summed E-state index contributed by atoms with van der Waals surface area (Å²) in [5.41, 5.74) is 1.84. The highest BCUT2D eigenvalue weighted by molar-refractivity contribution is 7.11. The fourth-order valence-electron chi connectivity index (χ4n) is 2.70. The molecule has 0 spiro atoms. The molecule has 25 heavy (non-hydrogen) atoms. The first-order valence-corrected chi connectivity index (χ1v) is 9.15. The van der Waals surface area contributed by atoms with E-state index >= 15 is 0 Å². The Morgan fingerprint density at radius 1 is 1.36 bits per heavy atom. The number of rotatable bonds is 6. The maximum Gasteiger partial charge on any atom is 0.226 e. The molecule has 0 radical (unpaired) electrons. The van der Waals surface area contributed by atoms with Crippen LogP contribution in [0.4, 0.5) is 0 Å². The highest BCUT2D eigenvalue weighted by Crippen LogP contribution is 2.45. The molecule has 4 rings (SSSR count). The van der Waals surface area contributed by atoms with Crippen molar-refractivity contribution in [2.45, 2.75) is 39.8 Å². The topological polar surface area (TPSA) is 79.9 Å². The van der Waals surface area contributed by atoms with Crippen molar-refractivity contribution in [1.29, 1.82) is 0 Å². The summed E-state index contributed by atoms with van der Waals surface area (Å²) in [6, 6.07) is 7.98. The van der Waals surface area contributed by atoms with Crippen LogP contribution in [0.25, 0.3) is 10.9 Å². The molecule has 130 valence electrons. The van der Waals surface area contributed by atoms with Gasteiger partial charge in [0.15, 0.2) is 5.01 Å². The maximum absolute atomic E-state index is 12.0. The molecule has 6 nitrogen and oxygen atoms in total. The average Bonchev–Trinajstić information content (AvgIpc) is 3.04. The summed E-state index contributed by atoms with van der Waals surface area (Å²) < 4.78 is 5.79. The van der Waals surface area contributed by atoms with Crippen molar-refractivity contribution in [3.05, 3.63) is 40.0 Å². The molecule has 0 bridgehead atoms. The molecule has 1 fully saturated rings. The Kier molecular flexibility index (Phi) is 3.95. The average molecular weight is 356 g/mol. The van der Waals surface area contributed by atoms with Crippen LogP contribution in [0.15, 0.2) is 24.3 Å². The lowest BCUT2D eigenvalue weighted by atomic mass is 10.1. The van der Waals surface area contributed by atoms with Crippen LogP contribution in [0.1, 0.15) is 35.5 Å². The number of hydrogen-bond donors (Lipinski definition) is 2. The summed E-state index contributed by atoms with van der Waals surface area (Å²) in [6.45, 7) is 4.87. The number of ether oxygens (including phenoxy) is 1. The van der Waals surface area contributed by atoms with Gasteiger partial charge in [0.2, 0.25) is 5.91 Å². The first kappa shape index (κ1) is 16.1. The minimum absolute atomic E-state index is 0.141. The predicted molar refractivity (Wildman–Crippen MR) is 96.5 cm³/mol. The van der Waals surface area contributed by atoms with Gasteiger partial charge in [-0.05, 0) is 43.4 Å². The third kappa shape index (κ3) is 3.51. The van der Waals surface area contributed by atoms with Crippen LogP contribution in [-0.2, 0) is 17.9 Å². The van der Waals surface area contributed by atoms with Gasteiger partial charge < -0.3 is 15.0 Å². The van der Waals surface area contributed by atoms with Crippen molar-refractivity contribution in [2.75, 3.05) is 0 Å². The molecule has 0 atom stereocenters. The molecule has 1 aromatic carbocycles. The van der Waals surface area contributed by atoms with Gasteiger partial charge in [-0.2, -0.15) is 0 Å². The number of carbonyl (C=O) groups is 1. The highest BCUT2D eigenvalue weighted by Gasteiger charge is 2.44. The van der Waals surface area contributed by atoms with E-state index in [1.807, 2.05) is 32.0 Å². The third-order valence-electron chi connectivity index (χ3n) is 4.57. The van der Waals surface area contributed by atoms with Gasteiger partial charge in [0.05, 0.1) is 6.54 Å². The Morgan fingerprint density at radius 3 is 2.92 bits per heavy atom. The molecule has 2 aromatic heterocycles. The van der Waals surface area contributed by atoms with Crippen LogP contribution >= 0.6 is 11.3 Å². The summed E-state index contributed by atoms with van der Waals surface area (Å²) in [7, 11) is 0. The van der Waals surface area contributed by atoms with Gasteiger partial charge in [-0.25, -0.2) is 0 Å². The van der Waals surface area contributed by atoms with Gasteiger partial charge in [0.1, 0.15) is 17.4 Å². The van der Waals surface area contributed by atoms with Crippen molar-refractivity contribution >= 4 is 28.1 Å². The lowest BCUT2D eigenvalue weighted by Gasteiger charge is -2.08. The number of H-pyrrole nitrogens is 1. The van der Waals surface area contributed by atoms with Gasteiger partial charge in [-0.1, -0.05) is 18.3 Å². The quantitative estimate of drug-likeness (QED) is 0.710. The van der Waals surface area contributed by atoms with Crippen LogP contribution < -0.4 is 10.1 Å². The normalized spacial score (nSPS) is 15.3. The van der Waals surface area contributed by atoms with Crippen molar-refractivity contribution in [1.82, 2.24) is 20.5 Å². The molecule has 7 heteroatoms. The third-order valence-corrected chi connectivity index (χ3v) is 5.38. The summed E-state index contributed by atoms with van der Waals surface area (Å²) in [5, 5.41) is 14.0. The summed E-state index contributed by atoms with van der Waals surface area (Å²) in [6.07, 6.45) is 1.97.